The van der Waals surface area contributed by atoms with E-state index in [1.54, 1.807) is 17.0 Å². The molecule has 0 radical (unpaired) electrons. The van der Waals surface area contributed by atoms with E-state index in [1.807, 2.05) is 13.0 Å². The molecule has 6 heteroatoms. The molecule has 2 amide bonds. The zero-order valence-corrected chi connectivity index (χ0v) is 10.9. The molecule has 102 valence electrons. The topological polar surface area (TPSA) is 87.5 Å². The fourth-order valence-electron chi connectivity index (χ4n) is 2.14. The number of nitrogen functional groups attached to an aromatic ring is 1. The number of rotatable bonds is 2. The highest BCUT2D eigenvalue weighted by Gasteiger charge is 2.22. The molecule has 1 heterocycles. The molecule has 0 spiro atoms. The molecule has 0 aliphatic carbocycles. The van der Waals surface area contributed by atoms with Gasteiger partial charge >= 0.3 is 0 Å². The van der Waals surface area contributed by atoms with Crippen molar-refractivity contribution in [1.82, 2.24) is 10.2 Å². The Morgan fingerprint density at radius 2 is 2.26 bits per heavy atom. The summed E-state index contributed by atoms with van der Waals surface area (Å²) >= 11 is 0. The zero-order valence-electron chi connectivity index (χ0n) is 10.9. The Morgan fingerprint density at radius 1 is 1.47 bits per heavy atom. The van der Waals surface area contributed by atoms with Gasteiger partial charge in [0.15, 0.2) is 0 Å². The number of anilines is 1. The summed E-state index contributed by atoms with van der Waals surface area (Å²) in [6, 6.07) is 5.29. The van der Waals surface area contributed by atoms with Crippen LogP contribution in [-0.2, 0) is 4.79 Å². The van der Waals surface area contributed by atoms with Crippen LogP contribution in [0, 0.1) is 6.92 Å². The Balaban J connectivity index is 2.20. The van der Waals surface area contributed by atoms with Gasteiger partial charge in [-0.1, -0.05) is 0 Å². The first kappa shape index (κ1) is 13.4. The minimum absolute atomic E-state index is 0.108. The Labute approximate surface area is 111 Å². The van der Waals surface area contributed by atoms with Crippen LogP contribution in [0.25, 0.3) is 0 Å². The molecule has 4 N–H and O–H groups in total. The summed E-state index contributed by atoms with van der Waals surface area (Å²) in [7, 11) is 0. The summed E-state index contributed by atoms with van der Waals surface area (Å²) in [6.45, 7) is 3.19. The van der Waals surface area contributed by atoms with Gasteiger partial charge in [0.1, 0.15) is 0 Å². The molecule has 0 aromatic heterocycles. The van der Waals surface area contributed by atoms with E-state index < -0.39 is 0 Å². The van der Waals surface area contributed by atoms with Gasteiger partial charge in [0.2, 0.25) is 5.91 Å². The average Bonchev–Trinajstić information content (AvgIpc) is 2.62. The van der Waals surface area contributed by atoms with Gasteiger partial charge < -0.3 is 15.6 Å². The number of carbonyl (C=O) groups is 2. The van der Waals surface area contributed by atoms with E-state index in [-0.39, 0.29) is 18.4 Å². The predicted molar refractivity (Wildman–Crippen MR) is 72.5 cm³/mol. The summed E-state index contributed by atoms with van der Waals surface area (Å²) in [4.78, 5) is 25.5. The van der Waals surface area contributed by atoms with Crippen LogP contribution in [0.15, 0.2) is 18.2 Å². The quantitative estimate of drug-likeness (QED) is 0.526. The van der Waals surface area contributed by atoms with Crippen molar-refractivity contribution >= 4 is 17.5 Å². The molecule has 1 aliphatic heterocycles. The molecule has 1 aromatic carbocycles. The fraction of sp³-hybridized carbons (Fsp3) is 0.385. The highest BCUT2D eigenvalue weighted by atomic mass is 16.2. The van der Waals surface area contributed by atoms with Gasteiger partial charge in [-0.15, -0.1) is 0 Å². The van der Waals surface area contributed by atoms with Crippen LogP contribution in [0.1, 0.15) is 22.3 Å². The largest absolute Gasteiger partial charge is 0.354 e. The van der Waals surface area contributed by atoms with Crippen molar-refractivity contribution in [3.8, 4) is 0 Å². The summed E-state index contributed by atoms with van der Waals surface area (Å²) in [5, 5.41) is 2.75. The van der Waals surface area contributed by atoms with Gasteiger partial charge in [0, 0.05) is 24.3 Å². The maximum absolute atomic E-state index is 12.4. The summed E-state index contributed by atoms with van der Waals surface area (Å²) < 4.78 is 0. The normalized spacial score (nSPS) is 15.7. The van der Waals surface area contributed by atoms with Crippen LogP contribution in [0.2, 0.25) is 0 Å². The molecule has 0 atom stereocenters. The van der Waals surface area contributed by atoms with Crippen molar-refractivity contribution in [2.75, 3.05) is 25.1 Å². The molecule has 1 aromatic rings. The maximum atomic E-state index is 12.4. The van der Waals surface area contributed by atoms with E-state index in [1.165, 1.54) is 0 Å². The van der Waals surface area contributed by atoms with E-state index in [4.69, 9.17) is 5.84 Å². The lowest BCUT2D eigenvalue weighted by atomic mass is 10.1. The number of hydrogen-bond acceptors (Lipinski definition) is 4. The van der Waals surface area contributed by atoms with Crippen LogP contribution >= 0.6 is 0 Å². The lowest BCUT2D eigenvalue weighted by Crippen LogP contribution is -2.37. The van der Waals surface area contributed by atoms with Crippen LogP contribution in [0.4, 0.5) is 5.69 Å². The number of carbonyl (C=O) groups excluding carboxylic acids is 2. The molecule has 1 saturated heterocycles. The standard InChI is InChI=1S/C13H18N4O2/c1-9-7-10(16-14)3-4-11(9)13(19)17-6-2-5-15-12(18)8-17/h3-4,7,16H,2,5-6,8,14H2,1H3,(H,15,18). The van der Waals surface area contributed by atoms with Gasteiger partial charge in [0.05, 0.1) is 6.54 Å². The molecule has 0 saturated carbocycles. The molecule has 1 aliphatic rings. The number of nitrogens with one attached hydrogen (secondary N) is 2. The van der Waals surface area contributed by atoms with Crippen LogP contribution in [0.3, 0.4) is 0 Å². The second-order valence-electron chi connectivity index (χ2n) is 4.60. The van der Waals surface area contributed by atoms with Crippen LogP contribution < -0.4 is 16.6 Å². The van der Waals surface area contributed by atoms with Crippen molar-refractivity contribution in [1.29, 1.82) is 0 Å². The Morgan fingerprint density at radius 3 is 2.95 bits per heavy atom. The second kappa shape index (κ2) is 5.71. The number of amides is 2. The van der Waals surface area contributed by atoms with Crippen molar-refractivity contribution in [3.05, 3.63) is 29.3 Å². The maximum Gasteiger partial charge on any atom is 0.254 e. The van der Waals surface area contributed by atoms with Gasteiger partial charge in [-0.05, 0) is 37.1 Å². The number of aryl methyl sites for hydroxylation is 1. The minimum Gasteiger partial charge on any atom is -0.354 e. The van der Waals surface area contributed by atoms with E-state index >= 15 is 0 Å². The van der Waals surface area contributed by atoms with Crippen molar-refractivity contribution in [3.63, 3.8) is 0 Å². The van der Waals surface area contributed by atoms with E-state index in [0.717, 1.165) is 17.7 Å². The van der Waals surface area contributed by atoms with Gasteiger partial charge in [-0.3, -0.25) is 15.4 Å². The van der Waals surface area contributed by atoms with E-state index in [2.05, 4.69) is 10.7 Å². The number of nitrogens with zero attached hydrogens (tertiary/aromatic N) is 1. The highest BCUT2D eigenvalue weighted by Crippen LogP contribution is 2.16. The zero-order chi connectivity index (χ0) is 13.8. The Hall–Kier alpha value is -2.08. The van der Waals surface area contributed by atoms with Crippen molar-refractivity contribution in [2.24, 2.45) is 5.84 Å². The van der Waals surface area contributed by atoms with Gasteiger partial charge in [-0.2, -0.15) is 0 Å². The highest BCUT2D eigenvalue weighted by molar-refractivity contribution is 5.98. The first-order chi connectivity index (χ1) is 9.11. The van der Waals surface area contributed by atoms with Gasteiger partial charge in [0.25, 0.3) is 5.91 Å². The van der Waals surface area contributed by atoms with Crippen molar-refractivity contribution < 1.29 is 9.59 Å². The smallest absolute Gasteiger partial charge is 0.254 e. The molecule has 1 fully saturated rings. The monoisotopic (exact) mass is 262 g/mol. The number of nitrogens with two attached hydrogens (primary N) is 1. The predicted octanol–water partition coefficient (Wildman–Crippen LogP) is 0.243. The summed E-state index contributed by atoms with van der Waals surface area (Å²) in [5.41, 5.74) is 4.74. The van der Waals surface area contributed by atoms with Crippen LogP contribution in [0.5, 0.6) is 0 Å². The lowest BCUT2D eigenvalue weighted by Gasteiger charge is -2.20. The third-order valence-corrected chi connectivity index (χ3v) is 3.17. The average molecular weight is 262 g/mol. The van der Waals surface area contributed by atoms with Crippen molar-refractivity contribution in [2.45, 2.75) is 13.3 Å². The summed E-state index contributed by atoms with van der Waals surface area (Å²) in [6.07, 6.45) is 0.777. The lowest BCUT2D eigenvalue weighted by molar-refractivity contribution is -0.121. The SMILES string of the molecule is Cc1cc(NN)ccc1C(=O)N1CCCNC(=O)C1. The number of hydrogen-bond donors (Lipinski definition) is 3. The molecule has 2 rings (SSSR count). The Bertz CT molecular complexity index is 501. The molecule has 6 nitrogen and oxygen atoms in total. The molecule has 0 unspecified atom stereocenters. The second-order valence-corrected chi connectivity index (χ2v) is 4.60. The number of benzene rings is 1. The number of hydrazine groups is 1. The third-order valence-electron chi connectivity index (χ3n) is 3.17. The molecule has 19 heavy (non-hydrogen) atoms. The first-order valence-electron chi connectivity index (χ1n) is 6.25. The fourth-order valence-corrected chi connectivity index (χ4v) is 2.14. The van der Waals surface area contributed by atoms with E-state index in [0.29, 0.717) is 18.7 Å². The molecular formula is C13H18N4O2. The first-order valence-corrected chi connectivity index (χ1v) is 6.25. The molecule has 0 bridgehead atoms. The van der Waals surface area contributed by atoms with Crippen LogP contribution in [-0.4, -0.2) is 36.3 Å². The third kappa shape index (κ3) is 3.03. The van der Waals surface area contributed by atoms with E-state index in [9.17, 15) is 9.59 Å². The Kier molecular flexibility index (Phi) is 4.01. The molecular weight excluding hydrogens is 244 g/mol. The summed E-state index contributed by atoms with van der Waals surface area (Å²) in [5.74, 6) is 5.11. The van der Waals surface area contributed by atoms with Gasteiger partial charge in [-0.25, -0.2) is 0 Å². The minimum atomic E-state index is -0.113.